The molecule has 4 aromatic rings. The minimum atomic E-state index is -3.71. The maximum Gasteiger partial charge on any atom is 0.267 e. The van der Waals surface area contributed by atoms with Crippen LogP contribution in [0.2, 0.25) is 0 Å². The van der Waals surface area contributed by atoms with E-state index in [1.807, 2.05) is 35.9 Å². The van der Waals surface area contributed by atoms with E-state index in [-0.39, 0.29) is 10.7 Å². The number of nitrogens with zero attached hydrogens (tertiary/aromatic N) is 2. The van der Waals surface area contributed by atoms with E-state index < -0.39 is 10.0 Å². The molecule has 6 heteroatoms. The van der Waals surface area contributed by atoms with Gasteiger partial charge in [0.15, 0.2) is 5.78 Å². The summed E-state index contributed by atoms with van der Waals surface area (Å²) in [5.41, 5.74) is 1.84. The smallest absolute Gasteiger partial charge is 0.267 e. The van der Waals surface area contributed by atoms with Gasteiger partial charge in [-0.2, -0.15) is 0 Å². The summed E-state index contributed by atoms with van der Waals surface area (Å²) >= 11 is 0. The second kappa shape index (κ2) is 6.00. The minimum Gasteiger partial charge on any atom is -0.350 e. The van der Waals surface area contributed by atoms with Crippen LogP contribution in [0.25, 0.3) is 10.9 Å². The first kappa shape index (κ1) is 16.4. The summed E-state index contributed by atoms with van der Waals surface area (Å²) in [5, 5.41) is 0.846. The maximum atomic E-state index is 12.9. The van der Waals surface area contributed by atoms with E-state index in [4.69, 9.17) is 0 Å². The van der Waals surface area contributed by atoms with Gasteiger partial charge in [-0.15, -0.1) is 0 Å². The third-order valence-electron chi connectivity index (χ3n) is 4.39. The quantitative estimate of drug-likeness (QED) is 0.521. The summed E-state index contributed by atoms with van der Waals surface area (Å²) < 4.78 is 28.3. The van der Waals surface area contributed by atoms with Crippen LogP contribution in [0, 0.1) is 0 Å². The zero-order valence-corrected chi connectivity index (χ0v) is 14.8. The van der Waals surface area contributed by atoms with Gasteiger partial charge < -0.3 is 4.57 Å². The van der Waals surface area contributed by atoms with Crippen LogP contribution in [0.4, 0.5) is 0 Å². The van der Waals surface area contributed by atoms with Crippen molar-refractivity contribution in [1.82, 2.24) is 8.54 Å². The lowest BCUT2D eigenvalue weighted by Gasteiger charge is -2.04. The Hall–Kier alpha value is -3.12. The first-order valence-electron chi connectivity index (χ1n) is 8.06. The first-order chi connectivity index (χ1) is 12.5. The second-order valence-electron chi connectivity index (χ2n) is 6.05. The molecule has 4 rings (SSSR count). The van der Waals surface area contributed by atoms with E-state index in [0.717, 1.165) is 14.9 Å². The van der Waals surface area contributed by atoms with Gasteiger partial charge in [0, 0.05) is 47.7 Å². The van der Waals surface area contributed by atoms with E-state index >= 15 is 0 Å². The largest absolute Gasteiger partial charge is 0.350 e. The number of hydrogen-bond acceptors (Lipinski definition) is 3. The summed E-state index contributed by atoms with van der Waals surface area (Å²) in [5.74, 6) is -0.205. The molecule has 0 aliphatic heterocycles. The van der Waals surface area contributed by atoms with Gasteiger partial charge in [-0.05, 0) is 24.3 Å². The van der Waals surface area contributed by atoms with E-state index in [0.29, 0.717) is 11.1 Å². The molecule has 0 radical (unpaired) electrons. The van der Waals surface area contributed by atoms with Gasteiger partial charge in [0.25, 0.3) is 10.0 Å². The minimum absolute atomic E-state index is 0.180. The Morgan fingerprint density at radius 3 is 2.35 bits per heavy atom. The van der Waals surface area contributed by atoms with Crippen molar-refractivity contribution in [3.05, 3.63) is 90.4 Å². The van der Waals surface area contributed by atoms with Gasteiger partial charge in [0.1, 0.15) is 0 Å². The Kier molecular flexibility index (Phi) is 3.77. The highest BCUT2D eigenvalue weighted by molar-refractivity contribution is 7.90. The molecular weight excluding hydrogens is 348 g/mol. The van der Waals surface area contributed by atoms with Crippen molar-refractivity contribution in [2.24, 2.45) is 7.05 Å². The zero-order valence-electron chi connectivity index (χ0n) is 14.0. The van der Waals surface area contributed by atoms with Crippen LogP contribution in [0.15, 0.2) is 84.1 Å². The average Bonchev–Trinajstić information content (AvgIpc) is 3.28. The van der Waals surface area contributed by atoms with Gasteiger partial charge in [-0.25, -0.2) is 12.4 Å². The summed E-state index contributed by atoms with van der Waals surface area (Å²) in [6, 6.07) is 17.3. The molecule has 0 N–H and O–H groups in total. The van der Waals surface area contributed by atoms with Crippen LogP contribution in [-0.4, -0.2) is 22.7 Å². The molecule has 5 nitrogen and oxygen atoms in total. The first-order valence-corrected chi connectivity index (χ1v) is 9.50. The number of fused-ring (bicyclic) bond motifs is 1. The lowest BCUT2D eigenvalue weighted by atomic mass is 10.1. The van der Waals surface area contributed by atoms with Crippen molar-refractivity contribution in [1.29, 1.82) is 0 Å². The van der Waals surface area contributed by atoms with E-state index in [1.165, 1.54) is 30.6 Å². The molecule has 26 heavy (non-hydrogen) atoms. The molecule has 0 amide bonds. The van der Waals surface area contributed by atoms with Gasteiger partial charge in [-0.3, -0.25) is 4.79 Å². The van der Waals surface area contributed by atoms with E-state index in [1.54, 1.807) is 24.4 Å². The van der Waals surface area contributed by atoms with Gasteiger partial charge >= 0.3 is 0 Å². The van der Waals surface area contributed by atoms with Crippen LogP contribution in [0.5, 0.6) is 0 Å². The normalized spacial score (nSPS) is 11.7. The third kappa shape index (κ3) is 2.55. The third-order valence-corrected chi connectivity index (χ3v) is 6.04. The van der Waals surface area contributed by atoms with Crippen LogP contribution >= 0.6 is 0 Å². The molecule has 0 bridgehead atoms. The number of carbonyl (C=O) groups is 1. The van der Waals surface area contributed by atoms with Crippen molar-refractivity contribution in [2.45, 2.75) is 4.90 Å². The number of hydrogen-bond donors (Lipinski definition) is 0. The van der Waals surface area contributed by atoms with Crippen molar-refractivity contribution in [3.8, 4) is 0 Å². The summed E-state index contributed by atoms with van der Waals surface area (Å²) in [4.78, 5) is 13.1. The molecule has 0 aliphatic rings. The van der Waals surface area contributed by atoms with Gasteiger partial charge in [-0.1, -0.05) is 36.4 Å². The number of para-hydroxylation sites is 1. The van der Waals surface area contributed by atoms with Gasteiger partial charge in [0.05, 0.1) is 4.90 Å². The monoisotopic (exact) mass is 364 g/mol. The fraction of sp³-hybridized carbons (Fsp3) is 0.0500. The molecule has 0 saturated heterocycles. The van der Waals surface area contributed by atoms with Crippen molar-refractivity contribution in [3.63, 3.8) is 0 Å². The fourth-order valence-corrected chi connectivity index (χ4v) is 4.27. The highest BCUT2D eigenvalue weighted by Crippen LogP contribution is 2.24. The van der Waals surface area contributed by atoms with Gasteiger partial charge in [0.2, 0.25) is 0 Å². The standard InChI is InChI=1S/C20H16N2O3S/c1-21-14-18(17-9-5-6-10-19(17)21)20(23)15-11-12-22(13-15)26(24,25)16-7-3-2-4-8-16/h2-14H,1H3. The number of carbonyl (C=O) groups excluding carboxylic acids is 1. The fourth-order valence-electron chi connectivity index (χ4n) is 3.05. The summed E-state index contributed by atoms with van der Waals surface area (Å²) in [6.07, 6.45) is 4.54. The zero-order chi connectivity index (χ0) is 18.3. The summed E-state index contributed by atoms with van der Waals surface area (Å²) in [6.45, 7) is 0. The number of aromatic nitrogens is 2. The molecule has 2 aromatic heterocycles. The Labute approximate surface area is 151 Å². The van der Waals surface area contributed by atoms with E-state index in [2.05, 4.69) is 0 Å². The molecule has 0 aliphatic carbocycles. The van der Waals surface area contributed by atoms with Crippen molar-refractivity contribution >= 4 is 26.7 Å². The Morgan fingerprint density at radius 1 is 0.885 bits per heavy atom. The Morgan fingerprint density at radius 2 is 1.58 bits per heavy atom. The number of rotatable bonds is 4. The number of benzene rings is 2. The number of ketones is 1. The molecule has 0 spiro atoms. The Bertz CT molecular complexity index is 1220. The molecule has 0 unspecified atom stereocenters. The lowest BCUT2D eigenvalue weighted by Crippen LogP contribution is -2.11. The molecule has 0 atom stereocenters. The average molecular weight is 364 g/mol. The molecule has 0 saturated carbocycles. The summed E-state index contributed by atoms with van der Waals surface area (Å²) in [7, 11) is -1.83. The maximum absolute atomic E-state index is 12.9. The topological polar surface area (TPSA) is 61.1 Å². The van der Waals surface area contributed by atoms with E-state index in [9.17, 15) is 13.2 Å². The molecule has 130 valence electrons. The highest BCUT2D eigenvalue weighted by Gasteiger charge is 2.20. The molecule has 2 aromatic carbocycles. The van der Waals surface area contributed by atoms with Crippen LogP contribution in [0.3, 0.4) is 0 Å². The SMILES string of the molecule is Cn1cc(C(=O)c2ccn(S(=O)(=O)c3ccccc3)c2)c2ccccc21. The number of aryl methyl sites for hydroxylation is 1. The highest BCUT2D eigenvalue weighted by atomic mass is 32.2. The van der Waals surface area contributed by atoms with Crippen molar-refractivity contribution in [2.75, 3.05) is 0 Å². The second-order valence-corrected chi connectivity index (χ2v) is 7.89. The van der Waals surface area contributed by atoms with Crippen LogP contribution < -0.4 is 0 Å². The Balaban J connectivity index is 1.75. The lowest BCUT2D eigenvalue weighted by molar-refractivity contribution is 0.104. The molecule has 2 heterocycles. The predicted molar refractivity (Wildman–Crippen MR) is 99.8 cm³/mol. The van der Waals surface area contributed by atoms with Crippen molar-refractivity contribution < 1.29 is 13.2 Å². The van der Waals surface area contributed by atoms with Crippen LogP contribution in [-0.2, 0) is 17.1 Å². The van der Waals surface area contributed by atoms with Crippen LogP contribution in [0.1, 0.15) is 15.9 Å². The molecule has 0 fully saturated rings. The molecular formula is C20H16N2O3S. The predicted octanol–water partition coefficient (Wildman–Crippen LogP) is 3.45.